The number of rotatable bonds is 7. The van der Waals surface area contributed by atoms with E-state index in [9.17, 15) is 9.59 Å². The van der Waals surface area contributed by atoms with Gasteiger partial charge >= 0.3 is 0 Å². The van der Waals surface area contributed by atoms with Gasteiger partial charge in [0, 0.05) is 24.2 Å². The van der Waals surface area contributed by atoms with E-state index < -0.39 is 0 Å². The number of nitrogens with zero attached hydrogens (tertiary/aromatic N) is 2. The van der Waals surface area contributed by atoms with E-state index in [1.165, 1.54) is 0 Å². The third-order valence-corrected chi connectivity index (χ3v) is 5.46. The van der Waals surface area contributed by atoms with E-state index in [4.69, 9.17) is 4.98 Å². The summed E-state index contributed by atoms with van der Waals surface area (Å²) in [4.78, 5) is 30.1. The summed E-state index contributed by atoms with van der Waals surface area (Å²) in [5.41, 5.74) is 6.39. The summed E-state index contributed by atoms with van der Waals surface area (Å²) in [6.07, 6.45) is 0.517. The fraction of sp³-hybridized carbons (Fsp3) is 0.222. The van der Waals surface area contributed by atoms with Crippen molar-refractivity contribution in [2.24, 2.45) is 0 Å². The molecule has 0 bridgehead atoms. The van der Waals surface area contributed by atoms with Gasteiger partial charge in [-0.05, 0) is 68.3 Å². The molecule has 2 amide bonds. The predicted molar refractivity (Wildman–Crippen MR) is 131 cm³/mol. The van der Waals surface area contributed by atoms with E-state index in [0.717, 1.165) is 39.2 Å². The van der Waals surface area contributed by atoms with Crippen LogP contribution in [0.25, 0.3) is 11.0 Å². The summed E-state index contributed by atoms with van der Waals surface area (Å²) in [5.74, 6) is 0.526. The predicted octanol–water partition coefficient (Wildman–Crippen LogP) is 4.57. The average Bonchev–Trinajstić information content (AvgIpc) is 3.10. The van der Waals surface area contributed by atoms with Crippen LogP contribution in [0.4, 0.5) is 5.69 Å². The highest BCUT2D eigenvalue weighted by Crippen LogP contribution is 2.18. The Balaban J connectivity index is 1.48. The lowest BCUT2D eigenvalue weighted by molar-refractivity contribution is -0.116. The molecule has 0 unspecified atom stereocenters. The highest BCUT2D eigenvalue weighted by Gasteiger charge is 2.15. The minimum atomic E-state index is -0.117. The molecule has 3 aromatic carbocycles. The first-order chi connectivity index (χ1) is 15.9. The van der Waals surface area contributed by atoms with Gasteiger partial charge in [0.05, 0.1) is 11.0 Å². The third kappa shape index (κ3) is 5.47. The lowest BCUT2D eigenvalue weighted by atomic mass is 10.1. The monoisotopic (exact) mass is 440 g/mol. The van der Waals surface area contributed by atoms with Gasteiger partial charge in [-0.25, -0.2) is 4.98 Å². The fourth-order valence-electron chi connectivity index (χ4n) is 4.06. The highest BCUT2D eigenvalue weighted by molar-refractivity contribution is 5.94. The van der Waals surface area contributed by atoms with Gasteiger partial charge in [-0.1, -0.05) is 35.9 Å². The summed E-state index contributed by atoms with van der Waals surface area (Å²) >= 11 is 0. The molecule has 0 atom stereocenters. The van der Waals surface area contributed by atoms with Crippen LogP contribution in [-0.4, -0.2) is 27.9 Å². The topological polar surface area (TPSA) is 76.0 Å². The van der Waals surface area contributed by atoms with E-state index in [1.807, 2.05) is 79.9 Å². The second kappa shape index (κ2) is 9.69. The summed E-state index contributed by atoms with van der Waals surface area (Å²) in [7, 11) is 0. The Kier molecular flexibility index (Phi) is 6.54. The van der Waals surface area contributed by atoms with E-state index in [0.29, 0.717) is 18.5 Å². The van der Waals surface area contributed by atoms with Gasteiger partial charge in [0.2, 0.25) is 5.91 Å². The van der Waals surface area contributed by atoms with Gasteiger partial charge in [0.25, 0.3) is 5.91 Å². The van der Waals surface area contributed by atoms with Crippen molar-refractivity contribution < 1.29 is 9.59 Å². The first-order valence-corrected chi connectivity index (χ1v) is 11.1. The Hall–Kier alpha value is -3.93. The van der Waals surface area contributed by atoms with Crippen molar-refractivity contribution in [2.75, 3.05) is 11.9 Å². The molecule has 168 valence electrons. The van der Waals surface area contributed by atoms with Crippen LogP contribution in [0.2, 0.25) is 0 Å². The van der Waals surface area contributed by atoms with Crippen LogP contribution >= 0.6 is 0 Å². The Morgan fingerprint density at radius 3 is 2.39 bits per heavy atom. The number of para-hydroxylation sites is 2. The summed E-state index contributed by atoms with van der Waals surface area (Å²) in [6, 6.07) is 21.2. The minimum absolute atomic E-state index is 0.117. The number of carbonyl (C=O) groups is 2. The van der Waals surface area contributed by atoms with Gasteiger partial charge in [-0.3, -0.25) is 9.59 Å². The second-order valence-corrected chi connectivity index (χ2v) is 8.40. The first kappa shape index (κ1) is 22.3. The third-order valence-electron chi connectivity index (χ3n) is 5.46. The van der Waals surface area contributed by atoms with Crippen LogP contribution in [0.15, 0.2) is 66.7 Å². The molecule has 0 radical (unpaired) electrons. The molecule has 1 heterocycles. The molecule has 6 nitrogen and oxygen atoms in total. The summed E-state index contributed by atoms with van der Waals surface area (Å²) < 4.78 is 1.92. The van der Waals surface area contributed by atoms with Gasteiger partial charge in [0.1, 0.15) is 12.4 Å². The second-order valence-electron chi connectivity index (χ2n) is 8.40. The van der Waals surface area contributed by atoms with Crippen LogP contribution in [-0.2, 0) is 17.8 Å². The number of hydrogen-bond acceptors (Lipinski definition) is 3. The number of aromatic nitrogens is 2. The van der Waals surface area contributed by atoms with Crippen molar-refractivity contribution in [3.05, 3.63) is 94.8 Å². The maximum atomic E-state index is 12.9. The van der Waals surface area contributed by atoms with Crippen LogP contribution < -0.4 is 10.6 Å². The van der Waals surface area contributed by atoms with Crippen molar-refractivity contribution >= 4 is 28.5 Å². The van der Waals surface area contributed by atoms with Gasteiger partial charge < -0.3 is 15.2 Å². The van der Waals surface area contributed by atoms with Crippen molar-refractivity contribution in [3.63, 3.8) is 0 Å². The molecule has 1 aromatic heterocycles. The normalized spacial score (nSPS) is 10.9. The van der Waals surface area contributed by atoms with Gasteiger partial charge in [-0.2, -0.15) is 0 Å². The molecule has 0 spiro atoms. The van der Waals surface area contributed by atoms with E-state index in [2.05, 4.69) is 16.7 Å². The maximum absolute atomic E-state index is 12.9. The molecule has 0 aliphatic heterocycles. The molecular formula is C27H28N4O2. The largest absolute Gasteiger partial charge is 0.352 e. The zero-order valence-electron chi connectivity index (χ0n) is 19.2. The van der Waals surface area contributed by atoms with E-state index >= 15 is 0 Å². The van der Waals surface area contributed by atoms with Crippen LogP contribution in [0, 0.1) is 20.8 Å². The summed E-state index contributed by atoms with van der Waals surface area (Å²) in [5, 5.41) is 5.96. The first-order valence-electron chi connectivity index (χ1n) is 11.1. The number of benzene rings is 3. The van der Waals surface area contributed by atoms with Crippen LogP contribution in [0.1, 0.15) is 32.9 Å². The number of fused-ring (bicyclic) bond motifs is 1. The minimum Gasteiger partial charge on any atom is -0.352 e. The zero-order chi connectivity index (χ0) is 23.4. The smallest absolute Gasteiger partial charge is 0.251 e. The van der Waals surface area contributed by atoms with Crippen molar-refractivity contribution in [1.82, 2.24) is 14.9 Å². The molecule has 0 fully saturated rings. The van der Waals surface area contributed by atoms with Crippen LogP contribution in [0.3, 0.4) is 0 Å². The molecule has 0 aliphatic carbocycles. The summed E-state index contributed by atoms with van der Waals surface area (Å²) in [6.45, 7) is 6.55. The lowest BCUT2D eigenvalue weighted by Crippen LogP contribution is -2.27. The quantitative estimate of drug-likeness (QED) is 0.442. The number of amides is 2. The number of imidazole rings is 1. The molecular weight excluding hydrogens is 412 g/mol. The Morgan fingerprint density at radius 1 is 0.879 bits per heavy atom. The highest BCUT2D eigenvalue weighted by atomic mass is 16.2. The number of anilines is 1. The molecule has 6 heteroatoms. The Morgan fingerprint density at radius 2 is 1.64 bits per heavy atom. The molecule has 0 saturated heterocycles. The zero-order valence-corrected chi connectivity index (χ0v) is 19.2. The molecule has 2 N–H and O–H groups in total. The SMILES string of the molecule is Cc1cc(C)cc(NC(=O)Cn2c(CCNC(=O)c3cccc(C)c3)nc3ccccc32)c1. The Bertz CT molecular complexity index is 1300. The van der Waals surface area contributed by atoms with Gasteiger partial charge in [-0.15, -0.1) is 0 Å². The Labute approximate surface area is 193 Å². The molecule has 0 aliphatic rings. The maximum Gasteiger partial charge on any atom is 0.251 e. The molecule has 33 heavy (non-hydrogen) atoms. The molecule has 0 saturated carbocycles. The standard InChI is InChI=1S/C27H28N4O2/c1-18-7-6-8-21(14-18)27(33)28-12-11-25-30-23-9-4-5-10-24(23)31(25)17-26(32)29-22-15-19(2)13-20(3)16-22/h4-10,13-16H,11-12,17H2,1-3H3,(H,28,33)(H,29,32). The lowest BCUT2D eigenvalue weighted by Gasteiger charge is -2.12. The molecule has 4 aromatic rings. The van der Waals surface area contributed by atoms with Gasteiger partial charge in [0.15, 0.2) is 0 Å². The average molecular weight is 441 g/mol. The number of carbonyl (C=O) groups excluding carboxylic acids is 2. The number of nitrogens with one attached hydrogen (secondary N) is 2. The molecule has 4 rings (SSSR count). The fourth-order valence-corrected chi connectivity index (χ4v) is 4.06. The van der Waals surface area contributed by atoms with Crippen molar-refractivity contribution in [2.45, 2.75) is 33.7 Å². The van der Waals surface area contributed by atoms with Crippen LogP contribution in [0.5, 0.6) is 0 Å². The van der Waals surface area contributed by atoms with E-state index in [1.54, 1.807) is 6.07 Å². The van der Waals surface area contributed by atoms with E-state index in [-0.39, 0.29) is 18.4 Å². The number of hydrogen-bond donors (Lipinski definition) is 2. The number of aryl methyl sites for hydroxylation is 3. The van der Waals surface area contributed by atoms with Crippen molar-refractivity contribution in [3.8, 4) is 0 Å². The van der Waals surface area contributed by atoms with Crippen molar-refractivity contribution in [1.29, 1.82) is 0 Å².